The van der Waals surface area contributed by atoms with Crippen LogP contribution in [0.4, 0.5) is 10.5 Å². The van der Waals surface area contributed by atoms with Gasteiger partial charge in [0.25, 0.3) is 5.69 Å². The molecule has 0 aliphatic heterocycles. The Kier molecular flexibility index (Phi) is 8.27. The molecule has 0 radical (unpaired) electrons. The Hall–Kier alpha value is -2.53. The van der Waals surface area contributed by atoms with Gasteiger partial charge in [-0.25, -0.2) is 13.2 Å². The minimum atomic E-state index is -4.06. The molecule has 1 aromatic carbocycles. The third kappa shape index (κ3) is 8.16. The lowest BCUT2D eigenvalue weighted by atomic mass is 10.2. The third-order valence-electron chi connectivity index (χ3n) is 3.44. The molecule has 0 atom stereocenters. The van der Waals surface area contributed by atoms with Gasteiger partial charge in [0.05, 0.1) is 22.9 Å². The van der Waals surface area contributed by atoms with Crippen molar-refractivity contribution in [3.05, 3.63) is 34.4 Å². The number of Topliss-reactive ketones (excluding diaryl/α,β-unsaturated/α-hetero) is 1. The first-order chi connectivity index (χ1) is 13.2. The summed E-state index contributed by atoms with van der Waals surface area (Å²) < 4.78 is 31.8. The Balaban J connectivity index is 2.91. The molecule has 1 amide bonds. The molecule has 29 heavy (non-hydrogen) atoms. The summed E-state index contributed by atoms with van der Waals surface area (Å²) in [5, 5.41) is 13.1. The molecule has 0 saturated heterocycles. The number of carbonyl (C=O) groups is 2. The maximum atomic E-state index is 12.9. The number of hydrogen-bond acceptors (Lipinski definition) is 7. The number of benzene rings is 1. The topological polar surface area (TPSA) is 136 Å². The van der Waals surface area contributed by atoms with E-state index in [0.29, 0.717) is 0 Å². The van der Waals surface area contributed by atoms with Crippen LogP contribution < -0.4 is 5.32 Å². The molecule has 0 heterocycles. The van der Waals surface area contributed by atoms with E-state index < -0.39 is 39.0 Å². The quantitative estimate of drug-likeness (QED) is 0.470. The number of nitrogens with one attached hydrogen (secondary N) is 1. The Morgan fingerprint density at radius 3 is 2.21 bits per heavy atom. The van der Waals surface area contributed by atoms with Crippen LogP contribution in [0, 0.1) is 16.0 Å². The summed E-state index contributed by atoms with van der Waals surface area (Å²) in [6.07, 6.45) is -0.778. The molecule has 0 aliphatic carbocycles. The van der Waals surface area contributed by atoms with Crippen LogP contribution in [0.25, 0.3) is 0 Å². The van der Waals surface area contributed by atoms with Crippen LogP contribution in [-0.2, 0) is 19.6 Å². The first kappa shape index (κ1) is 24.5. The predicted octanol–water partition coefficient (Wildman–Crippen LogP) is 2.34. The number of amides is 1. The second kappa shape index (κ2) is 9.79. The van der Waals surface area contributed by atoms with Gasteiger partial charge < -0.3 is 10.1 Å². The average molecular weight is 429 g/mol. The third-order valence-corrected chi connectivity index (χ3v) is 5.26. The predicted molar refractivity (Wildman–Crippen MR) is 106 cm³/mol. The largest absolute Gasteiger partial charge is 0.444 e. The van der Waals surface area contributed by atoms with Gasteiger partial charge in [-0.1, -0.05) is 13.8 Å². The molecule has 0 fully saturated rings. The summed E-state index contributed by atoms with van der Waals surface area (Å²) in [7, 11) is -4.06. The number of ketones is 1. The van der Waals surface area contributed by atoms with Gasteiger partial charge in [-0.05, 0) is 38.8 Å². The van der Waals surface area contributed by atoms with Gasteiger partial charge in [0.2, 0.25) is 10.0 Å². The molecule has 1 aromatic rings. The van der Waals surface area contributed by atoms with Crippen LogP contribution >= 0.6 is 0 Å². The SMILES string of the molecule is CC(C)CN(CC(=O)CNC(=O)OC(C)(C)C)S(=O)(=O)c1ccc([N+](=O)[O-])cc1. The molecule has 10 nitrogen and oxygen atoms in total. The van der Waals surface area contributed by atoms with Crippen molar-refractivity contribution in [3.8, 4) is 0 Å². The number of rotatable bonds is 9. The minimum Gasteiger partial charge on any atom is -0.444 e. The van der Waals surface area contributed by atoms with E-state index in [0.717, 1.165) is 28.6 Å². The van der Waals surface area contributed by atoms with Crippen molar-refractivity contribution in [3.63, 3.8) is 0 Å². The Labute approximate surface area is 170 Å². The highest BCUT2D eigenvalue weighted by molar-refractivity contribution is 7.89. The Bertz CT molecular complexity index is 843. The van der Waals surface area contributed by atoms with E-state index in [2.05, 4.69) is 5.32 Å². The number of carbonyl (C=O) groups excluding carboxylic acids is 2. The molecule has 0 aliphatic rings. The normalized spacial score (nSPS) is 12.1. The second-order valence-corrected chi connectivity index (χ2v) is 9.77. The van der Waals surface area contributed by atoms with Crippen LogP contribution in [0.5, 0.6) is 0 Å². The monoisotopic (exact) mass is 429 g/mol. The van der Waals surface area contributed by atoms with Gasteiger partial charge in [0.15, 0.2) is 5.78 Å². The summed E-state index contributed by atoms with van der Waals surface area (Å²) in [5.41, 5.74) is -0.965. The number of alkyl carbamates (subject to hydrolysis) is 1. The fourth-order valence-corrected chi connectivity index (χ4v) is 3.87. The minimum absolute atomic E-state index is 0.0670. The highest BCUT2D eigenvalue weighted by atomic mass is 32.2. The number of nitrogens with zero attached hydrogens (tertiary/aromatic N) is 2. The molecular weight excluding hydrogens is 402 g/mol. The lowest BCUT2D eigenvalue weighted by Crippen LogP contribution is -2.42. The van der Waals surface area contributed by atoms with Gasteiger partial charge in [0.1, 0.15) is 5.60 Å². The van der Waals surface area contributed by atoms with E-state index >= 15 is 0 Å². The molecule has 0 unspecified atom stereocenters. The fourth-order valence-electron chi connectivity index (χ4n) is 2.28. The molecule has 11 heteroatoms. The summed E-state index contributed by atoms with van der Waals surface area (Å²) in [6, 6.07) is 4.44. The van der Waals surface area contributed by atoms with Crippen molar-refractivity contribution in [1.82, 2.24) is 9.62 Å². The van der Waals surface area contributed by atoms with E-state index in [4.69, 9.17) is 4.74 Å². The van der Waals surface area contributed by atoms with Crippen molar-refractivity contribution in [2.45, 2.75) is 45.1 Å². The molecule has 0 spiro atoms. The van der Waals surface area contributed by atoms with Crippen LogP contribution in [0.15, 0.2) is 29.2 Å². The van der Waals surface area contributed by atoms with E-state index in [-0.39, 0.29) is 29.6 Å². The Morgan fingerprint density at radius 2 is 1.76 bits per heavy atom. The van der Waals surface area contributed by atoms with Crippen molar-refractivity contribution < 1.29 is 27.7 Å². The molecule has 162 valence electrons. The fraction of sp³-hybridized carbons (Fsp3) is 0.556. The number of sulfonamides is 1. The van der Waals surface area contributed by atoms with Crippen molar-refractivity contribution >= 4 is 27.6 Å². The maximum absolute atomic E-state index is 12.9. The zero-order valence-corrected chi connectivity index (χ0v) is 18.0. The summed E-state index contributed by atoms with van der Waals surface area (Å²) in [6.45, 7) is 7.84. The van der Waals surface area contributed by atoms with E-state index in [1.807, 2.05) is 0 Å². The highest BCUT2D eigenvalue weighted by Gasteiger charge is 2.28. The van der Waals surface area contributed by atoms with E-state index in [1.165, 1.54) is 0 Å². The summed E-state index contributed by atoms with van der Waals surface area (Å²) in [4.78, 5) is 33.9. The summed E-state index contributed by atoms with van der Waals surface area (Å²) >= 11 is 0. The van der Waals surface area contributed by atoms with Gasteiger partial charge in [-0.2, -0.15) is 4.31 Å². The van der Waals surface area contributed by atoms with Crippen molar-refractivity contribution in [2.75, 3.05) is 19.6 Å². The van der Waals surface area contributed by atoms with Crippen LogP contribution in [0.1, 0.15) is 34.6 Å². The van der Waals surface area contributed by atoms with Crippen LogP contribution in [-0.4, -0.2) is 54.8 Å². The number of hydrogen-bond donors (Lipinski definition) is 1. The standard InChI is InChI=1S/C18H27N3O7S/c1-13(2)11-20(12-15(22)10-19-17(23)28-18(3,4)5)29(26,27)16-8-6-14(7-9-16)21(24)25/h6-9,13H,10-12H2,1-5H3,(H,19,23). The highest BCUT2D eigenvalue weighted by Crippen LogP contribution is 2.20. The van der Waals surface area contributed by atoms with Crippen LogP contribution in [0.3, 0.4) is 0 Å². The first-order valence-electron chi connectivity index (χ1n) is 8.95. The second-order valence-electron chi connectivity index (χ2n) is 7.84. The zero-order valence-electron chi connectivity index (χ0n) is 17.2. The van der Waals surface area contributed by atoms with Crippen molar-refractivity contribution in [1.29, 1.82) is 0 Å². The molecule has 0 saturated carbocycles. The molecule has 0 bridgehead atoms. The van der Waals surface area contributed by atoms with E-state index in [1.54, 1.807) is 34.6 Å². The van der Waals surface area contributed by atoms with E-state index in [9.17, 15) is 28.1 Å². The average Bonchev–Trinajstić information content (AvgIpc) is 2.57. The zero-order chi connectivity index (χ0) is 22.4. The number of non-ortho nitro benzene ring substituents is 1. The van der Waals surface area contributed by atoms with Crippen molar-refractivity contribution in [2.24, 2.45) is 5.92 Å². The lowest BCUT2D eigenvalue weighted by Gasteiger charge is -2.24. The first-order valence-corrected chi connectivity index (χ1v) is 10.4. The van der Waals surface area contributed by atoms with Gasteiger partial charge >= 0.3 is 6.09 Å². The molecule has 1 rings (SSSR count). The molecular formula is C18H27N3O7S. The number of nitro benzene ring substituents is 1. The maximum Gasteiger partial charge on any atom is 0.408 e. The number of ether oxygens (including phenoxy) is 1. The van der Waals surface area contributed by atoms with Crippen LogP contribution in [0.2, 0.25) is 0 Å². The lowest BCUT2D eigenvalue weighted by molar-refractivity contribution is -0.384. The Morgan fingerprint density at radius 1 is 1.21 bits per heavy atom. The van der Waals surface area contributed by atoms with Gasteiger partial charge in [-0.3, -0.25) is 14.9 Å². The smallest absolute Gasteiger partial charge is 0.408 e. The number of nitro groups is 1. The van der Waals surface area contributed by atoms with Gasteiger partial charge in [0, 0.05) is 18.7 Å². The summed E-state index contributed by atoms with van der Waals surface area (Å²) in [5.74, 6) is -0.601. The molecule has 0 aromatic heterocycles. The molecule has 1 N–H and O–H groups in total. The van der Waals surface area contributed by atoms with Gasteiger partial charge in [-0.15, -0.1) is 0 Å².